The molecule has 0 unspecified atom stereocenters. The summed E-state index contributed by atoms with van der Waals surface area (Å²) in [4.78, 5) is 25.9. The molecule has 4 aromatic rings. The zero-order valence-corrected chi connectivity index (χ0v) is 21.7. The Hall–Kier alpha value is -3.64. The molecule has 0 aliphatic rings. The molecule has 1 N–H and O–H groups in total. The first-order chi connectivity index (χ1) is 17.2. The summed E-state index contributed by atoms with van der Waals surface area (Å²) in [6.45, 7) is 4.05. The van der Waals surface area contributed by atoms with Gasteiger partial charge >= 0.3 is 0 Å². The van der Waals surface area contributed by atoms with E-state index < -0.39 is 9.84 Å². The number of thioether (sulfide) groups is 1. The van der Waals surface area contributed by atoms with Gasteiger partial charge in [0.1, 0.15) is 17.3 Å². The molecule has 2 aromatic heterocycles. The van der Waals surface area contributed by atoms with E-state index >= 15 is 0 Å². The van der Waals surface area contributed by atoms with Gasteiger partial charge in [-0.15, -0.1) is 10.2 Å². The highest BCUT2D eigenvalue weighted by molar-refractivity contribution is 7.99. The minimum atomic E-state index is -3.59. The van der Waals surface area contributed by atoms with Crippen molar-refractivity contribution in [2.45, 2.75) is 36.2 Å². The van der Waals surface area contributed by atoms with Crippen LogP contribution in [0.2, 0.25) is 0 Å². The van der Waals surface area contributed by atoms with Crippen LogP contribution in [0.4, 0.5) is 5.69 Å². The molecule has 0 atom stereocenters. The van der Waals surface area contributed by atoms with E-state index in [0.29, 0.717) is 28.9 Å². The molecule has 1 amide bonds. The van der Waals surface area contributed by atoms with Gasteiger partial charge in [0.2, 0.25) is 5.91 Å². The monoisotopic (exact) mass is 526 g/mol. The average Bonchev–Trinajstić information content (AvgIpc) is 3.36. The summed E-state index contributed by atoms with van der Waals surface area (Å²) in [6.07, 6.45) is 0. The van der Waals surface area contributed by atoms with Crippen LogP contribution in [0.15, 0.2) is 75.5 Å². The number of para-hydroxylation sites is 1. The maximum atomic E-state index is 13.0. The van der Waals surface area contributed by atoms with Gasteiger partial charge < -0.3 is 9.88 Å². The lowest BCUT2D eigenvalue weighted by Gasteiger charge is -2.08. The predicted octanol–water partition coefficient (Wildman–Crippen LogP) is 2.80. The molecule has 0 aliphatic heterocycles. The van der Waals surface area contributed by atoms with E-state index in [1.165, 1.54) is 4.68 Å². The fraction of sp³-hybridized carbons (Fsp3) is 0.250. The number of carbonyl (C=O) groups excluding carboxylic acids is 1. The van der Waals surface area contributed by atoms with Gasteiger partial charge in [-0.05, 0) is 38.1 Å². The summed E-state index contributed by atoms with van der Waals surface area (Å²) < 4.78 is 30.4. The first kappa shape index (κ1) is 25.5. The van der Waals surface area contributed by atoms with Gasteiger partial charge in [-0.3, -0.25) is 14.3 Å². The van der Waals surface area contributed by atoms with Crippen molar-refractivity contribution >= 4 is 33.2 Å². The molecule has 0 aliphatic carbocycles. The smallest absolute Gasteiger partial charge is 0.295 e. The second kappa shape index (κ2) is 10.5. The highest BCUT2D eigenvalue weighted by Crippen LogP contribution is 2.21. The van der Waals surface area contributed by atoms with Crippen molar-refractivity contribution < 1.29 is 13.2 Å². The van der Waals surface area contributed by atoms with E-state index in [1.807, 2.05) is 37.3 Å². The highest BCUT2D eigenvalue weighted by Gasteiger charge is 2.22. The lowest BCUT2D eigenvalue weighted by Crippen LogP contribution is -2.23. The fourth-order valence-electron chi connectivity index (χ4n) is 3.75. The molecule has 0 fully saturated rings. The summed E-state index contributed by atoms with van der Waals surface area (Å²) in [5.74, 6) is -0.403. The van der Waals surface area contributed by atoms with Crippen molar-refractivity contribution in [3.05, 3.63) is 82.5 Å². The number of nitrogens with one attached hydrogen (secondary N) is 1. The number of aromatic nitrogens is 5. The predicted molar refractivity (Wildman–Crippen MR) is 138 cm³/mol. The van der Waals surface area contributed by atoms with E-state index in [0.717, 1.165) is 11.8 Å². The van der Waals surface area contributed by atoms with Crippen LogP contribution in [0.5, 0.6) is 0 Å². The van der Waals surface area contributed by atoms with Crippen LogP contribution in [0.3, 0.4) is 0 Å². The van der Waals surface area contributed by atoms with Crippen LogP contribution in [-0.2, 0) is 34.0 Å². The number of amides is 1. The largest absolute Gasteiger partial charge is 0.319 e. The van der Waals surface area contributed by atoms with E-state index in [4.69, 9.17) is 0 Å². The second-order valence-electron chi connectivity index (χ2n) is 7.99. The van der Waals surface area contributed by atoms with Crippen molar-refractivity contribution in [3.63, 3.8) is 0 Å². The van der Waals surface area contributed by atoms with E-state index in [2.05, 4.69) is 15.5 Å². The summed E-state index contributed by atoms with van der Waals surface area (Å²) in [5, 5.41) is 11.3. The fourth-order valence-corrected chi connectivity index (χ4v) is 5.86. The molecule has 0 bridgehead atoms. The Kier molecular flexibility index (Phi) is 7.45. The number of anilines is 1. The lowest BCUT2D eigenvalue weighted by molar-refractivity contribution is -0.113. The maximum Gasteiger partial charge on any atom is 0.295 e. The molecular formula is C24H26N6O4S2. The molecule has 0 spiro atoms. The van der Waals surface area contributed by atoms with Crippen LogP contribution in [0.1, 0.15) is 18.4 Å². The van der Waals surface area contributed by atoms with Crippen molar-refractivity contribution in [1.82, 2.24) is 24.1 Å². The number of hydrogen-bond donors (Lipinski definition) is 1. The van der Waals surface area contributed by atoms with Crippen molar-refractivity contribution in [2.75, 3.05) is 11.1 Å². The van der Waals surface area contributed by atoms with Gasteiger partial charge in [0.25, 0.3) is 5.56 Å². The summed E-state index contributed by atoms with van der Waals surface area (Å²) in [5.41, 5.74) is 1.19. The third-order valence-electron chi connectivity index (χ3n) is 5.68. The Bertz CT molecular complexity index is 1540. The summed E-state index contributed by atoms with van der Waals surface area (Å²) >= 11 is 1.13. The van der Waals surface area contributed by atoms with Gasteiger partial charge in [-0.2, -0.15) is 0 Å². The maximum absolute atomic E-state index is 13.0. The summed E-state index contributed by atoms with van der Waals surface area (Å²) in [7, 11) is -1.84. The topological polar surface area (TPSA) is 121 Å². The van der Waals surface area contributed by atoms with E-state index in [1.54, 1.807) is 53.6 Å². The Labute approximate surface area is 212 Å². The van der Waals surface area contributed by atoms with Gasteiger partial charge in [-0.1, -0.05) is 48.2 Å². The van der Waals surface area contributed by atoms with Crippen LogP contribution >= 0.6 is 11.8 Å². The average molecular weight is 527 g/mol. The Morgan fingerprint density at radius 1 is 1.03 bits per heavy atom. The second-order valence-corrected chi connectivity index (χ2v) is 10.9. The van der Waals surface area contributed by atoms with Gasteiger partial charge in [0.15, 0.2) is 15.0 Å². The third kappa shape index (κ3) is 5.14. The van der Waals surface area contributed by atoms with Crippen molar-refractivity contribution in [1.29, 1.82) is 0 Å². The Morgan fingerprint density at radius 3 is 2.31 bits per heavy atom. The Balaban J connectivity index is 1.47. The summed E-state index contributed by atoms with van der Waals surface area (Å²) in [6, 6.07) is 17.3. The number of benzene rings is 2. The minimum absolute atomic E-state index is 0.0251. The van der Waals surface area contributed by atoms with Gasteiger partial charge in [-0.25, -0.2) is 13.1 Å². The first-order valence-corrected chi connectivity index (χ1v) is 13.8. The number of hydrogen-bond acceptors (Lipinski definition) is 7. The molecular weight excluding hydrogens is 500 g/mol. The number of sulfone groups is 1. The molecule has 0 saturated heterocycles. The van der Waals surface area contributed by atoms with Gasteiger partial charge in [0, 0.05) is 13.6 Å². The van der Waals surface area contributed by atoms with Crippen molar-refractivity contribution in [3.8, 4) is 5.69 Å². The number of carbonyl (C=O) groups is 1. The molecule has 0 saturated carbocycles. The van der Waals surface area contributed by atoms with Crippen LogP contribution in [-0.4, -0.2) is 44.2 Å². The number of nitrogens with zero attached hydrogens (tertiary/aromatic N) is 5. The quantitative estimate of drug-likeness (QED) is 0.333. The van der Waals surface area contributed by atoms with Gasteiger partial charge in [0.05, 0.1) is 22.0 Å². The third-order valence-corrected chi connectivity index (χ3v) is 8.28. The molecule has 12 heteroatoms. The highest BCUT2D eigenvalue weighted by atomic mass is 32.2. The standard InChI is InChI=1S/C24H26N6O4S2/c1-4-29-20(16-36(33,34)19-13-9-6-10-14-19)26-27-24(29)35-15-21(31)25-22-17(2)28(3)30(23(22)32)18-11-7-5-8-12-18/h5-14H,4,15-16H2,1-3H3,(H,25,31). The minimum Gasteiger partial charge on any atom is -0.319 e. The van der Waals surface area contributed by atoms with Crippen LogP contribution in [0.25, 0.3) is 5.69 Å². The zero-order chi connectivity index (χ0) is 25.9. The lowest BCUT2D eigenvalue weighted by atomic mass is 10.3. The van der Waals surface area contributed by atoms with Crippen LogP contribution in [0, 0.1) is 6.92 Å². The normalized spacial score (nSPS) is 11.5. The zero-order valence-electron chi connectivity index (χ0n) is 20.1. The molecule has 0 radical (unpaired) electrons. The van der Waals surface area contributed by atoms with Crippen molar-refractivity contribution in [2.24, 2.45) is 7.05 Å². The van der Waals surface area contributed by atoms with E-state index in [9.17, 15) is 18.0 Å². The SMILES string of the molecule is CCn1c(CS(=O)(=O)c2ccccc2)nnc1SCC(=O)Nc1c(C)n(C)n(-c2ccccc2)c1=O. The number of rotatable bonds is 9. The molecule has 2 aromatic carbocycles. The molecule has 10 nitrogen and oxygen atoms in total. The van der Waals surface area contributed by atoms with Crippen LogP contribution < -0.4 is 10.9 Å². The van der Waals surface area contributed by atoms with E-state index in [-0.39, 0.29) is 33.6 Å². The molecule has 36 heavy (non-hydrogen) atoms. The molecule has 188 valence electrons. The molecule has 2 heterocycles. The Morgan fingerprint density at radius 2 is 1.67 bits per heavy atom. The molecule has 4 rings (SSSR count). The first-order valence-electron chi connectivity index (χ1n) is 11.2.